The fraction of sp³-hybridized carbons (Fsp3) is 0.500. The molecule has 1 heterocycles. The predicted molar refractivity (Wildman–Crippen MR) is 76.6 cm³/mol. The molecule has 1 aromatic carbocycles. The molecule has 18 heavy (non-hydrogen) atoms. The summed E-state index contributed by atoms with van der Waals surface area (Å²) in [5.74, 6) is 0.705. The van der Waals surface area contributed by atoms with Crippen LogP contribution in [0.1, 0.15) is 28.8 Å². The van der Waals surface area contributed by atoms with Crippen molar-refractivity contribution in [2.45, 2.75) is 19.8 Å². The van der Waals surface area contributed by atoms with Gasteiger partial charge in [-0.1, -0.05) is 11.6 Å². The van der Waals surface area contributed by atoms with Crippen molar-refractivity contribution < 1.29 is 4.79 Å². The number of carbonyl (C=O) groups excluding carboxylic acids is 1. The number of carbonyl (C=O) groups is 1. The first-order valence-corrected chi connectivity index (χ1v) is 7.16. The third kappa shape index (κ3) is 2.93. The Labute approximate surface area is 116 Å². The lowest BCUT2D eigenvalue weighted by Gasteiger charge is -2.31. The Morgan fingerprint density at radius 2 is 2.11 bits per heavy atom. The molecule has 0 saturated carbocycles. The summed E-state index contributed by atoms with van der Waals surface area (Å²) in [5, 5.41) is 0. The van der Waals surface area contributed by atoms with Crippen LogP contribution in [0.5, 0.6) is 0 Å². The number of hydrogen-bond acceptors (Lipinski definition) is 2. The van der Waals surface area contributed by atoms with Crippen LogP contribution in [-0.4, -0.2) is 30.4 Å². The van der Waals surface area contributed by atoms with Gasteiger partial charge in [-0.2, -0.15) is 0 Å². The number of hydrogen-bond donors (Lipinski definition) is 1. The molecule has 0 aromatic heterocycles. The minimum atomic E-state index is 0.126. The van der Waals surface area contributed by atoms with Gasteiger partial charge in [-0.25, -0.2) is 0 Å². The van der Waals surface area contributed by atoms with Gasteiger partial charge in [-0.15, -0.1) is 0 Å². The van der Waals surface area contributed by atoms with Gasteiger partial charge >= 0.3 is 0 Å². The maximum atomic E-state index is 12.4. The number of benzene rings is 1. The van der Waals surface area contributed by atoms with Crippen LogP contribution in [-0.2, 0) is 0 Å². The summed E-state index contributed by atoms with van der Waals surface area (Å²) in [7, 11) is 0. The zero-order chi connectivity index (χ0) is 13.1. The largest absolute Gasteiger partial charge is 0.339 e. The molecule has 1 aliphatic rings. The van der Waals surface area contributed by atoms with E-state index in [2.05, 4.69) is 15.9 Å². The van der Waals surface area contributed by atoms with E-state index in [9.17, 15) is 4.79 Å². The van der Waals surface area contributed by atoms with Crippen molar-refractivity contribution >= 4 is 21.8 Å². The van der Waals surface area contributed by atoms with Crippen LogP contribution in [0.4, 0.5) is 0 Å². The van der Waals surface area contributed by atoms with E-state index in [1.807, 2.05) is 30.0 Å². The molecule has 1 saturated heterocycles. The Morgan fingerprint density at radius 3 is 2.72 bits per heavy atom. The molecule has 0 unspecified atom stereocenters. The van der Waals surface area contributed by atoms with Crippen molar-refractivity contribution in [2.75, 3.05) is 19.6 Å². The van der Waals surface area contributed by atoms with E-state index in [4.69, 9.17) is 5.73 Å². The highest BCUT2D eigenvalue weighted by Gasteiger charge is 2.23. The minimum Gasteiger partial charge on any atom is -0.339 e. The molecule has 4 heteroatoms. The van der Waals surface area contributed by atoms with E-state index in [0.29, 0.717) is 5.92 Å². The van der Waals surface area contributed by atoms with Crippen molar-refractivity contribution in [2.24, 2.45) is 11.7 Å². The van der Waals surface area contributed by atoms with Crippen LogP contribution in [0, 0.1) is 12.8 Å². The summed E-state index contributed by atoms with van der Waals surface area (Å²) >= 11 is 3.46. The minimum absolute atomic E-state index is 0.126. The summed E-state index contributed by atoms with van der Waals surface area (Å²) in [6.07, 6.45) is 2.04. The Bertz CT molecular complexity index is 439. The fourth-order valence-electron chi connectivity index (χ4n) is 2.35. The molecule has 1 amide bonds. The van der Waals surface area contributed by atoms with Crippen LogP contribution in [0.2, 0.25) is 0 Å². The number of rotatable bonds is 2. The summed E-state index contributed by atoms with van der Waals surface area (Å²) in [6, 6.07) is 5.89. The van der Waals surface area contributed by atoms with Gasteiger partial charge in [0.15, 0.2) is 0 Å². The molecule has 2 N–H and O–H groups in total. The van der Waals surface area contributed by atoms with Crippen LogP contribution < -0.4 is 5.73 Å². The van der Waals surface area contributed by atoms with Crippen LogP contribution >= 0.6 is 15.9 Å². The van der Waals surface area contributed by atoms with E-state index < -0.39 is 0 Å². The molecule has 0 radical (unpaired) electrons. The Balaban J connectivity index is 2.10. The highest BCUT2D eigenvalue weighted by Crippen LogP contribution is 2.23. The van der Waals surface area contributed by atoms with E-state index in [1.165, 1.54) is 0 Å². The molecule has 1 aromatic rings. The monoisotopic (exact) mass is 310 g/mol. The summed E-state index contributed by atoms with van der Waals surface area (Å²) in [4.78, 5) is 14.4. The number of aryl methyl sites for hydroxylation is 1. The Kier molecular flexibility index (Phi) is 4.40. The number of nitrogens with two attached hydrogens (primary N) is 1. The van der Waals surface area contributed by atoms with Crippen molar-refractivity contribution in [3.63, 3.8) is 0 Å². The molecular weight excluding hydrogens is 292 g/mol. The van der Waals surface area contributed by atoms with Crippen LogP contribution in [0.25, 0.3) is 0 Å². The molecule has 0 spiro atoms. The molecule has 0 aliphatic carbocycles. The third-order valence-corrected chi connectivity index (χ3v) is 4.28. The summed E-state index contributed by atoms with van der Waals surface area (Å²) in [6.45, 7) is 4.38. The van der Waals surface area contributed by atoms with Gasteiger partial charge in [0.1, 0.15) is 0 Å². The van der Waals surface area contributed by atoms with E-state index in [-0.39, 0.29) is 5.91 Å². The van der Waals surface area contributed by atoms with Crippen molar-refractivity contribution in [3.05, 3.63) is 33.8 Å². The lowest BCUT2D eigenvalue weighted by molar-refractivity contribution is 0.0692. The second-order valence-corrected chi connectivity index (χ2v) is 5.81. The first-order valence-electron chi connectivity index (χ1n) is 6.37. The molecule has 0 atom stereocenters. The number of halogens is 1. The van der Waals surface area contributed by atoms with E-state index in [1.54, 1.807) is 0 Å². The smallest absolute Gasteiger partial charge is 0.255 e. The van der Waals surface area contributed by atoms with Crippen molar-refractivity contribution in [3.8, 4) is 0 Å². The van der Waals surface area contributed by atoms with E-state index in [0.717, 1.165) is 48.1 Å². The summed E-state index contributed by atoms with van der Waals surface area (Å²) in [5.41, 5.74) is 7.54. The topological polar surface area (TPSA) is 46.3 Å². The molecule has 98 valence electrons. The molecule has 1 aliphatic heterocycles. The average Bonchev–Trinajstić information content (AvgIpc) is 2.41. The molecule has 1 fully saturated rings. The zero-order valence-electron chi connectivity index (χ0n) is 10.7. The normalized spacial score (nSPS) is 16.9. The Morgan fingerprint density at radius 1 is 1.44 bits per heavy atom. The lowest BCUT2D eigenvalue weighted by atomic mass is 9.96. The number of likely N-dealkylation sites (tertiary alicyclic amines) is 1. The van der Waals surface area contributed by atoms with Crippen molar-refractivity contribution in [1.82, 2.24) is 4.90 Å². The highest BCUT2D eigenvalue weighted by atomic mass is 79.9. The Hall–Kier alpha value is -0.870. The van der Waals surface area contributed by atoms with Gasteiger partial charge in [0.2, 0.25) is 0 Å². The van der Waals surface area contributed by atoms with Gasteiger partial charge < -0.3 is 10.6 Å². The second kappa shape index (κ2) is 5.85. The van der Waals surface area contributed by atoms with Gasteiger partial charge in [0.05, 0.1) is 5.56 Å². The van der Waals surface area contributed by atoms with Gasteiger partial charge in [0.25, 0.3) is 5.91 Å². The zero-order valence-corrected chi connectivity index (χ0v) is 12.2. The molecule has 2 rings (SSSR count). The van der Waals surface area contributed by atoms with Gasteiger partial charge in [0, 0.05) is 17.6 Å². The second-order valence-electron chi connectivity index (χ2n) is 4.95. The van der Waals surface area contributed by atoms with Crippen molar-refractivity contribution in [1.29, 1.82) is 0 Å². The highest BCUT2D eigenvalue weighted by molar-refractivity contribution is 9.10. The van der Waals surface area contributed by atoms with Gasteiger partial charge in [-0.3, -0.25) is 4.79 Å². The number of nitrogens with zero attached hydrogens (tertiary/aromatic N) is 1. The lowest BCUT2D eigenvalue weighted by Crippen LogP contribution is -2.40. The average molecular weight is 311 g/mol. The standard InChI is InChI=1S/C14H19BrN2O/c1-10-2-3-13(15)12(8-10)14(18)17-6-4-11(9-16)5-7-17/h2-3,8,11H,4-7,9,16H2,1H3. The molecule has 3 nitrogen and oxygen atoms in total. The maximum Gasteiger partial charge on any atom is 0.255 e. The van der Waals surface area contributed by atoms with Crippen LogP contribution in [0.15, 0.2) is 22.7 Å². The predicted octanol–water partition coefficient (Wildman–Crippen LogP) is 2.57. The number of amides is 1. The third-order valence-electron chi connectivity index (χ3n) is 3.59. The first-order chi connectivity index (χ1) is 8.61. The summed E-state index contributed by atoms with van der Waals surface area (Å²) < 4.78 is 0.874. The number of piperidine rings is 1. The maximum absolute atomic E-state index is 12.4. The first kappa shape index (κ1) is 13.6. The quantitative estimate of drug-likeness (QED) is 0.912. The van der Waals surface area contributed by atoms with Crippen LogP contribution in [0.3, 0.4) is 0 Å². The molecular formula is C14H19BrN2O. The SMILES string of the molecule is Cc1ccc(Br)c(C(=O)N2CCC(CN)CC2)c1. The van der Waals surface area contributed by atoms with Gasteiger partial charge in [-0.05, 0) is 60.3 Å². The fourth-order valence-corrected chi connectivity index (χ4v) is 2.76. The van der Waals surface area contributed by atoms with E-state index >= 15 is 0 Å². The molecule has 0 bridgehead atoms.